The molecule has 2 N–H and O–H groups in total. The van der Waals surface area contributed by atoms with Gasteiger partial charge in [0.1, 0.15) is 11.5 Å². The number of aromatic nitrogens is 3. The minimum Gasteiger partial charge on any atom is -0.436 e. The summed E-state index contributed by atoms with van der Waals surface area (Å²) in [5, 5.41) is 2.60. The van der Waals surface area contributed by atoms with Crippen LogP contribution in [0.2, 0.25) is 0 Å². The van der Waals surface area contributed by atoms with Crippen molar-refractivity contribution in [3.8, 4) is 0 Å². The molecular formula is C30H39FN6O5. The zero-order valence-electron chi connectivity index (χ0n) is 25.2. The molecule has 0 aromatic carbocycles. The maximum absolute atomic E-state index is 14.5. The van der Waals surface area contributed by atoms with Crippen molar-refractivity contribution in [3.05, 3.63) is 69.7 Å². The number of anilines is 1. The Morgan fingerprint density at radius 2 is 1.88 bits per heavy atom. The predicted octanol–water partition coefficient (Wildman–Crippen LogP) is 3.85. The minimum absolute atomic E-state index is 0.00982. The van der Waals surface area contributed by atoms with Crippen molar-refractivity contribution in [2.45, 2.75) is 52.7 Å². The van der Waals surface area contributed by atoms with Crippen LogP contribution < -0.4 is 10.9 Å². The highest BCUT2D eigenvalue weighted by Crippen LogP contribution is 2.23. The van der Waals surface area contributed by atoms with E-state index in [2.05, 4.69) is 15.3 Å². The van der Waals surface area contributed by atoms with E-state index in [1.165, 1.54) is 46.8 Å². The quantitative estimate of drug-likeness (QED) is 0.331. The molecule has 3 heterocycles. The van der Waals surface area contributed by atoms with E-state index in [-0.39, 0.29) is 42.7 Å². The number of rotatable bonds is 11. The number of H-pyrrole nitrogens is 1. The summed E-state index contributed by atoms with van der Waals surface area (Å²) in [4.78, 5) is 60.7. The predicted molar refractivity (Wildman–Crippen MR) is 159 cm³/mol. The Morgan fingerprint density at radius 3 is 2.52 bits per heavy atom. The van der Waals surface area contributed by atoms with Crippen LogP contribution in [0.4, 0.5) is 14.9 Å². The lowest BCUT2D eigenvalue weighted by Crippen LogP contribution is -2.38. The maximum atomic E-state index is 14.5. The number of likely N-dealkylation sites (N-methyl/N-ethyl adjacent to an activating group) is 1. The fraction of sp³-hybridized carbons (Fsp3) is 0.433. The Labute approximate surface area is 244 Å². The van der Waals surface area contributed by atoms with Crippen molar-refractivity contribution < 1.29 is 23.5 Å². The molecule has 3 aromatic rings. The SMILES string of the molecule is Cc1ccc(NC(=O)C(CC/C=C/C(=O)N(C)C)OC(=O)N(C)C)c(=O)n1Cc1cc2ncc(F)c(CC(C)C)c2[nH]1. The first-order valence-corrected chi connectivity index (χ1v) is 13.7. The van der Waals surface area contributed by atoms with Crippen LogP contribution in [0.25, 0.3) is 11.0 Å². The van der Waals surface area contributed by atoms with Gasteiger partial charge in [0.25, 0.3) is 11.5 Å². The summed E-state index contributed by atoms with van der Waals surface area (Å²) < 4.78 is 21.4. The van der Waals surface area contributed by atoms with Crippen molar-refractivity contribution in [2.75, 3.05) is 33.5 Å². The Hall–Kier alpha value is -4.48. The smallest absolute Gasteiger partial charge is 0.410 e. The van der Waals surface area contributed by atoms with Gasteiger partial charge in [-0.3, -0.25) is 19.4 Å². The third-order valence-corrected chi connectivity index (χ3v) is 6.55. The molecule has 0 saturated carbocycles. The standard InChI is InChI=1S/C30H39FN6O5/c1-18(2)14-21-22(31)16-32-24-15-20(33-27(21)24)17-37-19(3)12-13-23(29(37)40)34-28(39)25(42-30(41)36(6)7)10-8-9-11-26(38)35(4)5/h9,11-13,15-16,18,25,33H,8,10,14,17H2,1-7H3,(H,34,39)/b11-9+. The second kappa shape index (κ2) is 13.9. The second-order valence-electron chi connectivity index (χ2n) is 11.0. The number of amides is 3. The largest absolute Gasteiger partial charge is 0.436 e. The van der Waals surface area contributed by atoms with Gasteiger partial charge in [-0.15, -0.1) is 0 Å². The van der Waals surface area contributed by atoms with Crippen LogP contribution in [0, 0.1) is 18.7 Å². The van der Waals surface area contributed by atoms with E-state index in [4.69, 9.17) is 4.74 Å². The number of allylic oxidation sites excluding steroid dienone is 1. The first kappa shape index (κ1) is 32.0. The molecule has 42 heavy (non-hydrogen) atoms. The van der Waals surface area contributed by atoms with E-state index in [9.17, 15) is 23.6 Å². The minimum atomic E-state index is -1.21. The first-order chi connectivity index (χ1) is 19.8. The molecule has 0 bridgehead atoms. The zero-order valence-corrected chi connectivity index (χ0v) is 25.2. The molecule has 0 saturated heterocycles. The van der Waals surface area contributed by atoms with Gasteiger partial charge in [0.15, 0.2) is 6.10 Å². The summed E-state index contributed by atoms with van der Waals surface area (Å²) in [6.07, 6.45) is 3.17. The third kappa shape index (κ3) is 8.05. The molecule has 11 nitrogen and oxygen atoms in total. The van der Waals surface area contributed by atoms with Gasteiger partial charge in [-0.1, -0.05) is 19.9 Å². The average molecular weight is 583 g/mol. The van der Waals surface area contributed by atoms with Crippen molar-refractivity contribution in [3.63, 3.8) is 0 Å². The summed E-state index contributed by atoms with van der Waals surface area (Å²) in [6, 6.07) is 4.97. The molecule has 12 heteroatoms. The number of aromatic amines is 1. The second-order valence-corrected chi connectivity index (χ2v) is 11.0. The summed E-state index contributed by atoms with van der Waals surface area (Å²) >= 11 is 0. The number of aryl methyl sites for hydroxylation is 1. The first-order valence-electron chi connectivity index (χ1n) is 13.7. The lowest BCUT2D eigenvalue weighted by molar-refractivity contribution is -0.125. The van der Waals surface area contributed by atoms with Gasteiger partial charge in [0.05, 0.1) is 23.8 Å². The molecule has 0 radical (unpaired) electrons. The summed E-state index contributed by atoms with van der Waals surface area (Å²) in [5.74, 6) is -1.03. The van der Waals surface area contributed by atoms with E-state index in [0.717, 1.165) is 0 Å². The molecule has 3 rings (SSSR count). The van der Waals surface area contributed by atoms with Gasteiger partial charge >= 0.3 is 6.09 Å². The van der Waals surface area contributed by atoms with Gasteiger partial charge < -0.3 is 29.4 Å². The van der Waals surface area contributed by atoms with Gasteiger partial charge in [0, 0.05) is 45.1 Å². The average Bonchev–Trinajstić information content (AvgIpc) is 3.34. The van der Waals surface area contributed by atoms with Crippen molar-refractivity contribution in [2.24, 2.45) is 5.92 Å². The normalized spacial score (nSPS) is 12.1. The Balaban J connectivity index is 1.84. The molecule has 0 fully saturated rings. The number of halogens is 1. The number of pyridine rings is 2. The zero-order chi connectivity index (χ0) is 31.1. The van der Waals surface area contributed by atoms with Crippen LogP contribution in [0.1, 0.15) is 43.6 Å². The van der Waals surface area contributed by atoms with Crippen LogP contribution in [-0.2, 0) is 27.3 Å². The Morgan fingerprint density at radius 1 is 1.17 bits per heavy atom. The van der Waals surface area contributed by atoms with Crippen LogP contribution in [-0.4, -0.2) is 76.5 Å². The lowest BCUT2D eigenvalue weighted by atomic mass is 10.0. The van der Waals surface area contributed by atoms with Crippen molar-refractivity contribution in [1.29, 1.82) is 0 Å². The number of nitrogens with zero attached hydrogens (tertiary/aromatic N) is 4. The van der Waals surface area contributed by atoms with Gasteiger partial charge in [0.2, 0.25) is 5.91 Å². The number of fused-ring (bicyclic) bond motifs is 1. The molecular weight excluding hydrogens is 543 g/mol. The highest BCUT2D eigenvalue weighted by atomic mass is 19.1. The maximum Gasteiger partial charge on any atom is 0.410 e. The number of hydrogen-bond acceptors (Lipinski definition) is 6. The Bertz CT molecular complexity index is 1540. The fourth-order valence-electron chi connectivity index (χ4n) is 4.24. The van der Waals surface area contributed by atoms with E-state index in [0.29, 0.717) is 34.4 Å². The summed E-state index contributed by atoms with van der Waals surface area (Å²) in [6.45, 7) is 5.91. The highest BCUT2D eigenvalue weighted by molar-refractivity contribution is 5.95. The van der Waals surface area contributed by atoms with Gasteiger partial charge in [-0.2, -0.15) is 0 Å². The number of nitrogens with one attached hydrogen (secondary N) is 2. The fourth-order valence-corrected chi connectivity index (χ4v) is 4.24. The van der Waals surface area contributed by atoms with Crippen LogP contribution in [0.5, 0.6) is 0 Å². The molecule has 3 amide bonds. The number of carbonyl (C=O) groups excluding carboxylic acids is 3. The molecule has 226 valence electrons. The molecule has 0 spiro atoms. The van der Waals surface area contributed by atoms with Crippen LogP contribution >= 0.6 is 0 Å². The van der Waals surface area contributed by atoms with Crippen LogP contribution in [0.3, 0.4) is 0 Å². The third-order valence-electron chi connectivity index (χ3n) is 6.55. The number of carbonyl (C=O) groups is 3. The van der Waals surface area contributed by atoms with Gasteiger partial charge in [-0.05, 0) is 56.4 Å². The van der Waals surface area contributed by atoms with E-state index >= 15 is 0 Å². The molecule has 1 atom stereocenters. The Kier molecular flexibility index (Phi) is 10.6. The van der Waals surface area contributed by atoms with E-state index in [1.807, 2.05) is 13.8 Å². The van der Waals surface area contributed by atoms with E-state index in [1.54, 1.807) is 39.2 Å². The monoisotopic (exact) mass is 582 g/mol. The summed E-state index contributed by atoms with van der Waals surface area (Å²) in [5.41, 5.74) is 2.59. The number of hydrogen-bond donors (Lipinski definition) is 2. The lowest BCUT2D eigenvalue weighted by Gasteiger charge is -2.20. The molecule has 0 aliphatic carbocycles. The highest BCUT2D eigenvalue weighted by Gasteiger charge is 2.25. The van der Waals surface area contributed by atoms with Crippen molar-refractivity contribution >= 4 is 34.6 Å². The van der Waals surface area contributed by atoms with Crippen molar-refractivity contribution in [1.82, 2.24) is 24.3 Å². The molecule has 3 aromatic heterocycles. The topological polar surface area (TPSA) is 130 Å². The van der Waals surface area contributed by atoms with Crippen LogP contribution in [0.15, 0.2) is 41.3 Å². The molecule has 1 unspecified atom stereocenters. The molecule has 0 aliphatic rings. The van der Waals surface area contributed by atoms with E-state index < -0.39 is 23.7 Å². The number of ether oxygens (including phenoxy) is 1. The molecule has 0 aliphatic heterocycles. The van der Waals surface area contributed by atoms with Gasteiger partial charge in [-0.25, -0.2) is 9.18 Å². The summed E-state index contributed by atoms with van der Waals surface area (Å²) in [7, 11) is 6.22.